The van der Waals surface area contributed by atoms with Gasteiger partial charge in [-0.05, 0) is 62.2 Å². The van der Waals surface area contributed by atoms with Crippen molar-refractivity contribution in [3.63, 3.8) is 0 Å². The van der Waals surface area contributed by atoms with Gasteiger partial charge in [0, 0.05) is 24.0 Å². The van der Waals surface area contributed by atoms with E-state index in [0.29, 0.717) is 24.2 Å². The number of halogens is 2. The summed E-state index contributed by atoms with van der Waals surface area (Å²) in [6, 6.07) is 4.50. The van der Waals surface area contributed by atoms with Crippen molar-refractivity contribution in [3.8, 4) is 0 Å². The molecule has 2 aliphatic rings. The van der Waals surface area contributed by atoms with E-state index >= 15 is 0 Å². The van der Waals surface area contributed by atoms with Crippen LogP contribution in [0.3, 0.4) is 0 Å². The largest absolute Gasteiger partial charge is 0.348 e. The maximum Gasteiger partial charge on any atom is 0.313 e. The highest BCUT2D eigenvalue weighted by Crippen LogP contribution is 2.26. The summed E-state index contributed by atoms with van der Waals surface area (Å²) in [5.41, 5.74) is 0.291. The monoisotopic (exact) mass is 399 g/mol. The molecule has 1 aromatic carbocycles. The van der Waals surface area contributed by atoms with E-state index < -0.39 is 17.6 Å². The van der Waals surface area contributed by atoms with Gasteiger partial charge in [0.1, 0.15) is 5.82 Å². The summed E-state index contributed by atoms with van der Waals surface area (Å²) in [6.07, 6.45) is 3.35. The van der Waals surface area contributed by atoms with E-state index in [9.17, 15) is 14.0 Å². The molecule has 0 aliphatic carbocycles. The molecular formula is C18H23ClFN3O2S. The number of anilines is 1. The summed E-state index contributed by atoms with van der Waals surface area (Å²) in [4.78, 5) is 26.5. The molecule has 1 atom stereocenters. The van der Waals surface area contributed by atoms with Crippen molar-refractivity contribution in [2.24, 2.45) is 5.92 Å². The number of likely N-dealkylation sites (tertiary alicyclic amines) is 1. The number of benzene rings is 1. The van der Waals surface area contributed by atoms with Gasteiger partial charge in [-0.2, -0.15) is 11.8 Å². The van der Waals surface area contributed by atoms with Crippen molar-refractivity contribution >= 4 is 40.9 Å². The topological polar surface area (TPSA) is 61.4 Å². The second kappa shape index (κ2) is 9.06. The summed E-state index contributed by atoms with van der Waals surface area (Å²) < 4.78 is 13.1. The van der Waals surface area contributed by atoms with Crippen molar-refractivity contribution < 1.29 is 14.0 Å². The number of amides is 2. The summed E-state index contributed by atoms with van der Waals surface area (Å²) >= 11 is 7.69. The maximum absolute atomic E-state index is 13.1. The maximum atomic E-state index is 13.1. The minimum atomic E-state index is -0.770. The lowest BCUT2D eigenvalue weighted by atomic mass is 9.95. The molecule has 26 heavy (non-hydrogen) atoms. The van der Waals surface area contributed by atoms with Gasteiger partial charge in [0.25, 0.3) is 0 Å². The Morgan fingerprint density at radius 3 is 2.65 bits per heavy atom. The zero-order chi connectivity index (χ0) is 18.5. The second-order valence-corrected chi connectivity index (χ2v) is 8.35. The van der Waals surface area contributed by atoms with Crippen LogP contribution in [-0.4, -0.2) is 53.9 Å². The van der Waals surface area contributed by atoms with Gasteiger partial charge in [-0.3, -0.25) is 14.5 Å². The molecule has 2 heterocycles. The fourth-order valence-corrected chi connectivity index (χ4v) is 4.85. The molecule has 0 bridgehead atoms. The van der Waals surface area contributed by atoms with E-state index in [1.54, 1.807) is 0 Å². The Morgan fingerprint density at radius 1 is 1.23 bits per heavy atom. The molecule has 0 saturated carbocycles. The minimum Gasteiger partial charge on any atom is -0.348 e. The van der Waals surface area contributed by atoms with Gasteiger partial charge < -0.3 is 10.6 Å². The fraction of sp³-hybridized carbons (Fsp3) is 0.556. The van der Waals surface area contributed by atoms with Crippen LogP contribution in [-0.2, 0) is 9.59 Å². The Morgan fingerprint density at radius 2 is 2.00 bits per heavy atom. The molecule has 3 rings (SSSR count). The number of thioether (sulfide) groups is 1. The van der Waals surface area contributed by atoms with Gasteiger partial charge in [0.2, 0.25) is 0 Å². The molecule has 2 amide bonds. The molecule has 2 saturated heterocycles. The SMILES string of the molecule is O=C(NCC1CCN([C@@H]2CCSC2)CC1)C(=O)Nc1ccc(F)c(Cl)c1. The molecule has 2 fully saturated rings. The molecule has 5 nitrogen and oxygen atoms in total. The van der Waals surface area contributed by atoms with E-state index in [4.69, 9.17) is 11.6 Å². The van der Waals surface area contributed by atoms with Gasteiger partial charge in [-0.25, -0.2) is 4.39 Å². The number of piperidine rings is 1. The van der Waals surface area contributed by atoms with Crippen LogP contribution < -0.4 is 10.6 Å². The first kappa shape index (κ1) is 19.5. The summed E-state index contributed by atoms with van der Waals surface area (Å²) in [5.74, 6) is 0.867. The van der Waals surface area contributed by atoms with Gasteiger partial charge in [-0.15, -0.1) is 0 Å². The van der Waals surface area contributed by atoms with Crippen LogP contribution in [0, 0.1) is 11.7 Å². The lowest BCUT2D eigenvalue weighted by Gasteiger charge is -2.35. The zero-order valence-electron chi connectivity index (χ0n) is 14.5. The zero-order valence-corrected chi connectivity index (χ0v) is 16.0. The van der Waals surface area contributed by atoms with Crippen LogP contribution in [0.25, 0.3) is 0 Å². The molecule has 8 heteroatoms. The molecule has 2 aliphatic heterocycles. The van der Waals surface area contributed by atoms with Crippen LogP contribution in [0.1, 0.15) is 19.3 Å². The van der Waals surface area contributed by atoms with Gasteiger partial charge in [-0.1, -0.05) is 11.6 Å². The van der Waals surface area contributed by atoms with Gasteiger partial charge in [0.15, 0.2) is 0 Å². The van der Waals surface area contributed by atoms with Crippen molar-refractivity contribution in [1.82, 2.24) is 10.2 Å². The summed E-state index contributed by atoms with van der Waals surface area (Å²) in [7, 11) is 0. The second-order valence-electron chi connectivity index (χ2n) is 6.79. The average molecular weight is 400 g/mol. The van der Waals surface area contributed by atoms with Crippen LogP contribution in [0.5, 0.6) is 0 Å². The van der Waals surface area contributed by atoms with E-state index in [2.05, 4.69) is 15.5 Å². The van der Waals surface area contributed by atoms with Crippen molar-refractivity contribution in [3.05, 3.63) is 29.0 Å². The van der Waals surface area contributed by atoms with E-state index in [1.165, 1.54) is 30.1 Å². The Hall–Kier alpha value is -1.31. The van der Waals surface area contributed by atoms with Crippen molar-refractivity contribution in [2.45, 2.75) is 25.3 Å². The lowest BCUT2D eigenvalue weighted by Crippen LogP contribution is -2.45. The predicted octanol–water partition coefficient (Wildman–Crippen LogP) is 2.75. The fourth-order valence-electron chi connectivity index (χ4n) is 3.41. The van der Waals surface area contributed by atoms with E-state index in [-0.39, 0.29) is 5.02 Å². The molecule has 142 valence electrons. The standard InChI is InChI=1S/C18H23ClFN3O2S/c19-15-9-13(1-2-16(15)20)22-18(25)17(24)21-10-12-3-6-23(7-4-12)14-5-8-26-11-14/h1-2,9,12,14H,3-8,10-11H2,(H,21,24)(H,22,25)/t14-/m1/s1. The highest BCUT2D eigenvalue weighted by Gasteiger charge is 2.27. The number of rotatable bonds is 4. The third kappa shape index (κ3) is 5.11. The number of hydrogen-bond donors (Lipinski definition) is 2. The number of carbonyl (C=O) groups is 2. The van der Waals surface area contributed by atoms with Crippen LogP contribution in [0.4, 0.5) is 10.1 Å². The third-order valence-corrected chi connectivity index (χ3v) is 6.44. The first-order valence-electron chi connectivity index (χ1n) is 8.89. The Bertz CT molecular complexity index is 662. The van der Waals surface area contributed by atoms with Crippen molar-refractivity contribution in [2.75, 3.05) is 36.5 Å². The van der Waals surface area contributed by atoms with Crippen molar-refractivity contribution in [1.29, 1.82) is 0 Å². The first-order valence-corrected chi connectivity index (χ1v) is 10.4. The van der Waals surface area contributed by atoms with Gasteiger partial charge >= 0.3 is 11.8 Å². The summed E-state index contributed by atoms with van der Waals surface area (Å²) in [5, 5.41) is 5.03. The third-order valence-electron chi connectivity index (χ3n) is 5.01. The number of nitrogens with one attached hydrogen (secondary N) is 2. The van der Waals surface area contributed by atoms with Crippen LogP contribution in [0.15, 0.2) is 18.2 Å². The minimum absolute atomic E-state index is 0.101. The molecule has 0 unspecified atom stereocenters. The Balaban J connectivity index is 1.39. The predicted molar refractivity (Wildman–Crippen MR) is 103 cm³/mol. The molecule has 0 radical (unpaired) electrons. The lowest BCUT2D eigenvalue weighted by molar-refractivity contribution is -0.136. The number of carbonyl (C=O) groups excluding carboxylic acids is 2. The van der Waals surface area contributed by atoms with Crippen LogP contribution >= 0.6 is 23.4 Å². The number of hydrogen-bond acceptors (Lipinski definition) is 4. The summed E-state index contributed by atoms with van der Waals surface area (Å²) in [6.45, 7) is 2.63. The van der Waals surface area contributed by atoms with E-state index in [1.807, 2.05) is 11.8 Å². The highest BCUT2D eigenvalue weighted by atomic mass is 35.5. The molecule has 0 spiro atoms. The average Bonchev–Trinajstić information content (AvgIpc) is 3.18. The molecule has 0 aromatic heterocycles. The molecule has 1 aromatic rings. The van der Waals surface area contributed by atoms with E-state index in [0.717, 1.165) is 32.0 Å². The Kier molecular flexibility index (Phi) is 6.78. The quantitative estimate of drug-likeness (QED) is 0.764. The number of nitrogens with zero attached hydrogens (tertiary/aromatic N) is 1. The highest BCUT2D eigenvalue weighted by molar-refractivity contribution is 7.99. The smallest absolute Gasteiger partial charge is 0.313 e. The molecular weight excluding hydrogens is 377 g/mol. The van der Waals surface area contributed by atoms with Gasteiger partial charge in [0.05, 0.1) is 5.02 Å². The Labute approximate surface area is 162 Å². The molecule has 2 N–H and O–H groups in total. The van der Waals surface area contributed by atoms with Crippen LogP contribution in [0.2, 0.25) is 5.02 Å². The normalized spacial score (nSPS) is 21.5. The first-order chi connectivity index (χ1) is 12.5.